The van der Waals surface area contributed by atoms with E-state index in [1.165, 1.54) is 0 Å². The summed E-state index contributed by atoms with van der Waals surface area (Å²) in [7, 11) is 0. The molecule has 4 nitrogen and oxygen atoms in total. The molecule has 0 fully saturated rings. The number of fused-ring (bicyclic) bond motifs is 1. The molecule has 0 atom stereocenters. The van der Waals surface area contributed by atoms with Crippen molar-refractivity contribution >= 4 is 23.0 Å². The Bertz CT molecular complexity index is 440. The van der Waals surface area contributed by atoms with E-state index in [1.807, 2.05) is 32.9 Å². The van der Waals surface area contributed by atoms with E-state index in [0.717, 1.165) is 17.9 Å². The van der Waals surface area contributed by atoms with Gasteiger partial charge in [0, 0.05) is 12.2 Å². The summed E-state index contributed by atoms with van der Waals surface area (Å²) in [5, 5.41) is 2.89. The van der Waals surface area contributed by atoms with Gasteiger partial charge in [-0.15, -0.1) is 0 Å². The zero-order valence-electron chi connectivity index (χ0n) is 9.87. The first-order valence-corrected chi connectivity index (χ1v) is 5.45. The predicted molar refractivity (Wildman–Crippen MR) is 66.6 cm³/mol. The largest absolute Gasteiger partial charge is 0.399 e. The molecule has 1 aliphatic rings. The molecule has 0 saturated heterocycles. The maximum atomic E-state index is 12.0. The maximum Gasteiger partial charge on any atom is 0.249 e. The molecule has 3 N–H and O–H groups in total. The molecule has 0 radical (unpaired) electrons. The van der Waals surface area contributed by atoms with Crippen molar-refractivity contribution in [3.63, 3.8) is 0 Å². The molecule has 1 heterocycles. The Morgan fingerprint density at radius 1 is 1.44 bits per heavy atom. The van der Waals surface area contributed by atoms with Crippen molar-refractivity contribution in [2.45, 2.75) is 26.3 Å². The Morgan fingerprint density at radius 2 is 2.12 bits per heavy atom. The fourth-order valence-electron chi connectivity index (χ4n) is 2.15. The SMILES string of the molecule is CCN1c2ccc(N)cc2NC(=O)C1(C)C. The number of hydrogen-bond donors (Lipinski definition) is 2. The van der Waals surface area contributed by atoms with Gasteiger partial charge in [0.25, 0.3) is 0 Å². The maximum absolute atomic E-state index is 12.0. The molecule has 1 aromatic carbocycles. The molecule has 1 amide bonds. The van der Waals surface area contributed by atoms with Gasteiger partial charge in [0.2, 0.25) is 5.91 Å². The highest BCUT2D eigenvalue weighted by Crippen LogP contribution is 2.37. The van der Waals surface area contributed by atoms with Crippen LogP contribution in [0.5, 0.6) is 0 Å². The summed E-state index contributed by atoms with van der Waals surface area (Å²) in [5.74, 6) is 0.00690. The Hall–Kier alpha value is -1.71. The van der Waals surface area contributed by atoms with Crippen LogP contribution in [0.1, 0.15) is 20.8 Å². The van der Waals surface area contributed by atoms with Crippen molar-refractivity contribution in [3.05, 3.63) is 18.2 Å². The van der Waals surface area contributed by atoms with E-state index < -0.39 is 5.54 Å². The van der Waals surface area contributed by atoms with Gasteiger partial charge in [-0.05, 0) is 39.0 Å². The minimum Gasteiger partial charge on any atom is -0.399 e. The molecular weight excluding hydrogens is 202 g/mol. The van der Waals surface area contributed by atoms with Crippen LogP contribution >= 0.6 is 0 Å². The summed E-state index contributed by atoms with van der Waals surface area (Å²) >= 11 is 0. The molecule has 1 aliphatic heterocycles. The van der Waals surface area contributed by atoms with Crippen LogP contribution in [-0.4, -0.2) is 18.0 Å². The zero-order valence-corrected chi connectivity index (χ0v) is 9.87. The highest BCUT2D eigenvalue weighted by Gasteiger charge is 2.39. The van der Waals surface area contributed by atoms with E-state index in [0.29, 0.717) is 5.69 Å². The number of anilines is 3. The number of carbonyl (C=O) groups excluding carboxylic acids is 1. The van der Waals surface area contributed by atoms with Gasteiger partial charge in [-0.1, -0.05) is 0 Å². The number of rotatable bonds is 1. The lowest BCUT2D eigenvalue weighted by atomic mass is 9.96. The number of nitrogens with zero attached hydrogens (tertiary/aromatic N) is 1. The van der Waals surface area contributed by atoms with Crippen LogP contribution in [0.15, 0.2) is 18.2 Å². The summed E-state index contributed by atoms with van der Waals surface area (Å²) < 4.78 is 0. The fraction of sp³-hybridized carbons (Fsp3) is 0.417. The number of nitrogens with one attached hydrogen (secondary N) is 1. The molecule has 0 aromatic heterocycles. The van der Waals surface area contributed by atoms with Gasteiger partial charge in [0.15, 0.2) is 0 Å². The summed E-state index contributed by atoms with van der Waals surface area (Å²) in [6, 6.07) is 5.61. The molecule has 0 bridgehead atoms. The lowest BCUT2D eigenvalue weighted by Gasteiger charge is -2.43. The zero-order chi connectivity index (χ0) is 11.9. The lowest BCUT2D eigenvalue weighted by molar-refractivity contribution is -0.120. The average Bonchev–Trinajstić information content (AvgIpc) is 2.20. The van der Waals surface area contributed by atoms with Crippen LogP contribution in [0.25, 0.3) is 0 Å². The average molecular weight is 219 g/mol. The second-order valence-corrected chi connectivity index (χ2v) is 4.53. The molecule has 1 aromatic rings. The molecular formula is C12H17N3O. The molecule has 0 saturated carbocycles. The normalized spacial score (nSPS) is 17.9. The minimum atomic E-state index is -0.516. The second-order valence-electron chi connectivity index (χ2n) is 4.53. The number of likely N-dealkylation sites (N-methyl/N-ethyl adjacent to an activating group) is 1. The van der Waals surface area contributed by atoms with Crippen LogP contribution in [0.3, 0.4) is 0 Å². The topological polar surface area (TPSA) is 58.4 Å². The third kappa shape index (κ3) is 1.41. The summed E-state index contributed by atoms with van der Waals surface area (Å²) in [4.78, 5) is 14.0. The van der Waals surface area contributed by atoms with E-state index in [-0.39, 0.29) is 5.91 Å². The lowest BCUT2D eigenvalue weighted by Crippen LogP contribution is -2.56. The Morgan fingerprint density at radius 3 is 2.75 bits per heavy atom. The van der Waals surface area contributed by atoms with Gasteiger partial charge >= 0.3 is 0 Å². The highest BCUT2D eigenvalue weighted by atomic mass is 16.2. The third-order valence-electron chi connectivity index (χ3n) is 3.11. The van der Waals surface area contributed by atoms with E-state index in [9.17, 15) is 4.79 Å². The first-order valence-electron chi connectivity index (χ1n) is 5.45. The van der Waals surface area contributed by atoms with E-state index in [2.05, 4.69) is 10.2 Å². The number of carbonyl (C=O) groups is 1. The third-order valence-corrected chi connectivity index (χ3v) is 3.11. The Labute approximate surface area is 95.4 Å². The molecule has 0 spiro atoms. The number of hydrogen-bond acceptors (Lipinski definition) is 3. The van der Waals surface area contributed by atoms with Crippen molar-refractivity contribution in [1.29, 1.82) is 0 Å². The van der Waals surface area contributed by atoms with E-state index in [4.69, 9.17) is 5.73 Å². The van der Waals surface area contributed by atoms with Gasteiger partial charge in [-0.2, -0.15) is 0 Å². The van der Waals surface area contributed by atoms with Crippen molar-refractivity contribution in [2.24, 2.45) is 0 Å². The Kier molecular flexibility index (Phi) is 2.30. The highest BCUT2D eigenvalue weighted by molar-refractivity contribution is 6.06. The molecule has 0 unspecified atom stereocenters. The second kappa shape index (κ2) is 3.40. The van der Waals surface area contributed by atoms with Gasteiger partial charge < -0.3 is 16.0 Å². The van der Waals surface area contributed by atoms with Crippen LogP contribution in [0, 0.1) is 0 Å². The van der Waals surface area contributed by atoms with Crippen LogP contribution in [-0.2, 0) is 4.79 Å². The van der Waals surface area contributed by atoms with Crippen LogP contribution in [0.2, 0.25) is 0 Å². The van der Waals surface area contributed by atoms with Crippen molar-refractivity contribution < 1.29 is 4.79 Å². The minimum absolute atomic E-state index is 0.00690. The Balaban J connectivity index is 2.56. The number of nitrogens with two attached hydrogens (primary N) is 1. The number of amides is 1. The molecule has 16 heavy (non-hydrogen) atoms. The monoisotopic (exact) mass is 219 g/mol. The summed E-state index contributed by atoms with van der Waals surface area (Å²) in [5.41, 5.74) is 7.68. The summed E-state index contributed by atoms with van der Waals surface area (Å²) in [6.45, 7) is 6.67. The van der Waals surface area contributed by atoms with Gasteiger partial charge in [-0.3, -0.25) is 4.79 Å². The standard InChI is InChI=1S/C12H17N3O/c1-4-15-10-6-5-8(13)7-9(10)14-11(16)12(15,2)3/h5-7H,4,13H2,1-3H3,(H,14,16). The molecule has 2 rings (SSSR count). The van der Waals surface area contributed by atoms with Gasteiger partial charge in [0.05, 0.1) is 11.4 Å². The predicted octanol–water partition coefficient (Wildman–Crippen LogP) is 1.83. The van der Waals surface area contributed by atoms with Crippen molar-refractivity contribution in [1.82, 2.24) is 0 Å². The number of benzene rings is 1. The molecule has 86 valence electrons. The van der Waals surface area contributed by atoms with E-state index in [1.54, 1.807) is 6.07 Å². The fourth-order valence-corrected chi connectivity index (χ4v) is 2.15. The van der Waals surface area contributed by atoms with E-state index >= 15 is 0 Å². The quantitative estimate of drug-likeness (QED) is 0.708. The number of nitrogen functional groups attached to an aromatic ring is 1. The van der Waals surface area contributed by atoms with Gasteiger partial charge in [-0.25, -0.2) is 0 Å². The van der Waals surface area contributed by atoms with Crippen LogP contribution in [0.4, 0.5) is 17.1 Å². The van der Waals surface area contributed by atoms with Crippen molar-refractivity contribution in [2.75, 3.05) is 22.5 Å². The smallest absolute Gasteiger partial charge is 0.249 e. The van der Waals surface area contributed by atoms with Gasteiger partial charge in [0.1, 0.15) is 5.54 Å². The van der Waals surface area contributed by atoms with Crippen molar-refractivity contribution in [3.8, 4) is 0 Å². The molecule has 4 heteroatoms. The first kappa shape index (κ1) is 10.8. The van der Waals surface area contributed by atoms with Crippen LogP contribution < -0.4 is 16.0 Å². The first-order chi connectivity index (χ1) is 7.46. The summed E-state index contributed by atoms with van der Waals surface area (Å²) in [6.07, 6.45) is 0. The molecule has 0 aliphatic carbocycles.